The lowest BCUT2D eigenvalue weighted by Gasteiger charge is -2.18. The van der Waals surface area contributed by atoms with Crippen LogP contribution in [-0.2, 0) is 0 Å². The Balaban J connectivity index is 1.49. The number of benzene rings is 1. The van der Waals surface area contributed by atoms with Crippen molar-refractivity contribution in [1.29, 1.82) is 0 Å². The summed E-state index contributed by atoms with van der Waals surface area (Å²) in [6.45, 7) is 0. The van der Waals surface area contributed by atoms with Gasteiger partial charge in [-0.05, 0) is 42.5 Å². The fourth-order valence-corrected chi connectivity index (χ4v) is 6.62. The molecule has 1 aliphatic heterocycles. The van der Waals surface area contributed by atoms with Gasteiger partial charge in [-0.2, -0.15) is 0 Å². The number of aromatic nitrogens is 6. The van der Waals surface area contributed by atoms with Gasteiger partial charge in [0.25, 0.3) is 0 Å². The molecule has 0 aliphatic carbocycles. The standard InChI is InChI=1S/C28H17IN8/c1-5-30-14-21-22-15-31-6-2-26(22)36(25(1)21)19-11-18(35-10-9-34-29-35)12-20(13-19)37-27-3-7-32-16-23(27)24-17-33-8-4-28(24)37/h1-17H. The molecule has 8 nitrogen and oxygen atoms in total. The molecule has 0 bridgehead atoms. The fourth-order valence-electron chi connectivity index (χ4n) is 5.25. The van der Waals surface area contributed by atoms with Crippen molar-refractivity contribution >= 4 is 70.6 Å². The van der Waals surface area contributed by atoms with Crippen molar-refractivity contribution in [3.63, 3.8) is 0 Å². The van der Waals surface area contributed by atoms with Gasteiger partial charge in [-0.1, -0.05) is 0 Å². The molecule has 0 saturated carbocycles. The normalized spacial score (nSPS) is 13.4. The molecule has 0 radical (unpaired) electrons. The first kappa shape index (κ1) is 20.7. The molecule has 0 amide bonds. The van der Waals surface area contributed by atoms with E-state index in [1.165, 1.54) is 0 Å². The van der Waals surface area contributed by atoms with Crippen LogP contribution in [0.4, 0.5) is 5.69 Å². The number of pyridine rings is 4. The van der Waals surface area contributed by atoms with Gasteiger partial charge >= 0.3 is 0 Å². The Bertz CT molecular complexity index is 1820. The molecule has 7 heterocycles. The largest absolute Gasteiger partial charge is 0.309 e. The third kappa shape index (κ3) is 3.07. The van der Waals surface area contributed by atoms with E-state index in [2.05, 4.69) is 84.0 Å². The van der Waals surface area contributed by atoms with E-state index < -0.39 is 21.3 Å². The van der Waals surface area contributed by atoms with Gasteiger partial charge in [0.05, 0.1) is 45.3 Å². The van der Waals surface area contributed by atoms with Crippen molar-refractivity contribution in [3.8, 4) is 11.4 Å². The van der Waals surface area contributed by atoms with Crippen molar-refractivity contribution in [1.82, 2.24) is 29.1 Å². The van der Waals surface area contributed by atoms with Crippen molar-refractivity contribution in [3.05, 3.63) is 104 Å². The molecule has 0 unspecified atom stereocenters. The fraction of sp³-hybridized carbons (Fsp3) is 0. The van der Waals surface area contributed by atoms with E-state index in [9.17, 15) is 0 Å². The second-order valence-corrected chi connectivity index (χ2v) is 10.8. The summed E-state index contributed by atoms with van der Waals surface area (Å²) in [4.78, 5) is 17.6. The SMILES string of the molecule is C1=CN(c2cc(-n3c4ccncc4c4cnccc43)cc(-n3c4ccncc4c4cnccc43)c2)I=N1. The number of halogens is 1. The highest BCUT2D eigenvalue weighted by Gasteiger charge is 2.18. The molecule has 8 rings (SSSR count). The molecule has 0 saturated heterocycles. The first-order valence-corrected chi connectivity index (χ1v) is 13.6. The minimum Gasteiger partial charge on any atom is -0.309 e. The summed E-state index contributed by atoms with van der Waals surface area (Å²) < 4.78 is 11.4. The summed E-state index contributed by atoms with van der Waals surface area (Å²) >= 11 is -0.497. The van der Waals surface area contributed by atoms with E-state index in [0.29, 0.717) is 0 Å². The van der Waals surface area contributed by atoms with Crippen LogP contribution >= 0.6 is 21.3 Å². The van der Waals surface area contributed by atoms with E-state index >= 15 is 0 Å². The molecule has 37 heavy (non-hydrogen) atoms. The zero-order chi connectivity index (χ0) is 24.3. The predicted molar refractivity (Wildman–Crippen MR) is 154 cm³/mol. The first-order chi connectivity index (χ1) is 18.4. The van der Waals surface area contributed by atoms with Gasteiger partial charge in [-0.15, -0.1) is 0 Å². The van der Waals surface area contributed by atoms with Gasteiger partial charge in [0.2, 0.25) is 0 Å². The predicted octanol–water partition coefficient (Wildman–Crippen LogP) is 6.82. The first-order valence-electron chi connectivity index (χ1n) is 11.7. The van der Waals surface area contributed by atoms with Crippen molar-refractivity contribution in [2.24, 2.45) is 3.15 Å². The third-order valence-electron chi connectivity index (χ3n) is 6.77. The molecule has 7 aromatic rings. The van der Waals surface area contributed by atoms with E-state index in [0.717, 1.165) is 60.7 Å². The molecule has 0 N–H and O–H groups in total. The number of anilines is 1. The summed E-state index contributed by atoms with van der Waals surface area (Å²) in [5.74, 6) is 0. The van der Waals surface area contributed by atoms with Crippen molar-refractivity contribution in [2.45, 2.75) is 0 Å². The van der Waals surface area contributed by atoms with Crippen LogP contribution in [-0.4, -0.2) is 29.1 Å². The van der Waals surface area contributed by atoms with Gasteiger partial charge < -0.3 is 9.13 Å². The van der Waals surface area contributed by atoms with Gasteiger partial charge in [0, 0.05) is 77.3 Å². The van der Waals surface area contributed by atoms with Gasteiger partial charge in [0.1, 0.15) is 21.3 Å². The highest BCUT2D eigenvalue weighted by molar-refractivity contribution is 14.2. The lowest BCUT2D eigenvalue weighted by atomic mass is 10.2. The van der Waals surface area contributed by atoms with Crippen molar-refractivity contribution < 1.29 is 0 Å². The van der Waals surface area contributed by atoms with Crippen LogP contribution in [0, 0.1) is 0 Å². The summed E-state index contributed by atoms with van der Waals surface area (Å²) in [6.07, 6.45) is 19.0. The summed E-state index contributed by atoms with van der Waals surface area (Å²) in [5, 5.41) is 4.32. The van der Waals surface area contributed by atoms with Crippen LogP contribution in [0.15, 0.2) is 108 Å². The molecule has 1 aliphatic rings. The molecule has 0 spiro atoms. The average molecular weight is 592 g/mol. The minimum atomic E-state index is -0.497. The zero-order valence-electron chi connectivity index (χ0n) is 19.3. The Morgan fingerprint density at radius 3 is 1.30 bits per heavy atom. The van der Waals surface area contributed by atoms with Crippen LogP contribution in [0.3, 0.4) is 0 Å². The van der Waals surface area contributed by atoms with E-state index in [-0.39, 0.29) is 0 Å². The van der Waals surface area contributed by atoms with Crippen LogP contribution in [0.5, 0.6) is 0 Å². The lowest BCUT2D eigenvalue weighted by molar-refractivity contribution is 1.12. The van der Waals surface area contributed by atoms with E-state index in [1.807, 2.05) is 55.8 Å². The second-order valence-electron chi connectivity index (χ2n) is 8.73. The molecular formula is C28H17IN8. The highest BCUT2D eigenvalue weighted by atomic mass is 127. The topological polar surface area (TPSA) is 77.0 Å². The highest BCUT2D eigenvalue weighted by Crippen LogP contribution is 2.38. The molecule has 0 fully saturated rings. The molecular weight excluding hydrogens is 575 g/mol. The van der Waals surface area contributed by atoms with E-state index in [1.54, 1.807) is 0 Å². The Morgan fingerprint density at radius 2 is 0.919 bits per heavy atom. The molecule has 1 aromatic carbocycles. The van der Waals surface area contributed by atoms with Gasteiger partial charge in [-0.25, -0.2) is 3.15 Å². The maximum atomic E-state index is 4.53. The molecule has 9 heteroatoms. The Labute approximate surface area is 221 Å². The average Bonchev–Trinajstić information content (AvgIpc) is 3.68. The number of rotatable bonds is 3. The van der Waals surface area contributed by atoms with Crippen LogP contribution in [0.1, 0.15) is 0 Å². The second kappa shape index (κ2) is 8.00. The van der Waals surface area contributed by atoms with E-state index in [4.69, 9.17) is 0 Å². The van der Waals surface area contributed by atoms with Crippen molar-refractivity contribution in [2.75, 3.05) is 3.11 Å². The van der Waals surface area contributed by atoms with Crippen LogP contribution in [0.25, 0.3) is 55.0 Å². The Morgan fingerprint density at radius 1 is 0.514 bits per heavy atom. The molecule has 6 aromatic heterocycles. The number of hydrogen-bond acceptors (Lipinski definition) is 6. The number of hydrogen-bond donors (Lipinski definition) is 0. The number of nitrogens with zero attached hydrogens (tertiary/aromatic N) is 8. The van der Waals surface area contributed by atoms with Crippen LogP contribution < -0.4 is 3.11 Å². The van der Waals surface area contributed by atoms with Gasteiger partial charge in [-0.3, -0.25) is 23.0 Å². The maximum absolute atomic E-state index is 4.53. The Hall–Kier alpha value is -4.51. The Kier molecular flexibility index (Phi) is 4.47. The van der Waals surface area contributed by atoms with Crippen LogP contribution in [0.2, 0.25) is 0 Å². The molecule has 0 atom stereocenters. The third-order valence-corrected chi connectivity index (χ3v) is 8.68. The summed E-state index contributed by atoms with van der Waals surface area (Å²) in [5.41, 5.74) is 7.59. The quantitative estimate of drug-likeness (QED) is 0.166. The summed E-state index contributed by atoms with van der Waals surface area (Å²) in [6, 6.07) is 15.0. The minimum absolute atomic E-state index is 0.497. The zero-order valence-corrected chi connectivity index (χ0v) is 21.4. The maximum Gasteiger partial charge on any atom is 0.125 e. The molecule has 176 valence electrons. The monoisotopic (exact) mass is 592 g/mol. The number of fused-ring (bicyclic) bond motifs is 6. The smallest absolute Gasteiger partial charge is 0.125 e. The lowest BCUT2D eigenvalue weighted by Crippen LogP contribution is -2.04. The summed E-state index contributed by atoms with van der Waals surface area (Å²) in [7, 11) is 0. The van der Waals surface area contributed by atoms with Gasteiger partial charge in [0.15, 0.2) is 0 Å².